The van der Waals surface area contributed by atoms with Crippen molar-refractivity contribution in [2.24, 2.45) is 0 Å². The Bertz CT molecular complexity index is 907. The number of thioether (sulfide) groups is 1. The summed E-state index contributed by atoms with van der Waals surface area (Å²) in [6.07, 6.45) is 2.06. The third-order valence-corrected chi connectivity index (χ3v) is 7.06. The fraction of sp³-hybridized carbons (Fsp3) is 0.471. The molecule has 26 heavy (non-hydrogen) atoms. The number of sulfone groups is 1. The molecule has 0 N–H and O–H groups in total. The fourth-order valence-electron chi connectivity index (χ4n) is 3.00. The van der Waals surface area contributed by atoms with E-state index in [0.29, 0.717) is 17.5 Å². The van der Waals surface area contributed by atoms with Crippen molar-refractivity contribution < 1.29 is 17.9 Å². The molecule has 0 bridgehead atoms. The number of benzene rings is 1. The van der Waals surface area contributed by atoms with Crippen LogP contribution in [-0.4, -0.2) is 52.5 Å². The Morgan fingerprint density at radius 3 is 2.62 bits per heavy atom. The Morgan fingerprint density at radius 2 is 1.96 bits per heavy atom. The second-order valence-electron chi connectivity index (χ2n) is 6.59. The lowest BCUT2D eigenvalue weighted by Gasteiger charge is -2.11. The van der Waals surface area contributed by atoms with Crippen molar-refractivity contribution >= 4 is 27.6 Å². The van der Waals surface area contributed by atoms with Crippen molar-refractivity contribution in [2.75, 3.05) is 17.3 Å². The van der Waals surface area contributed by atoms with E-state index in [0.717, 1.165) is 24.4 Å². The molecular weight excluding hydrogens is 374 g/mol. The van der Waals surface area contributed by atoms with Crippen LogP contribution in [0.2, 0.25) is 0 Å². The van der Waals surface area contributed by atoms with Gasteiger partial charge in [0.15, 0.2) is 15.0 Å². The van der Waals surface area contributed by atoms with Crippen LogP contribution in [0.5, 0.6) is 0 Å². The van der Waals surface area contributed by atoms with Crippen LogP contribution < -0.4 is 0 Å². The first-order valence-electron chi connectivity index (χ1n) is 8.55. The molecule has 1 aliphatic heterocycles. The molecule has 0 radical (unpaired) electrons. The van der Waals surface area contributed by atoms with Gasteiger partial charge >= 0.3 is 5.97 Å². The van der Waals surface area contributed by atoms with Crippen LogP contribution in [0, 0.1) is 0 Å². The van der Waals surface area contributed by atoms with Crippen molar-refractivity contribution in [3.63, 3.8) is 0 Å². The lowest BCUT2D eigenvalue weighted by Crippen LogP contribution is -2.20. The molecule has 2 aliphatic rings. The number of ether oxygens (including phenoxy) is 1. The molecule has 0 unspecified atom stereocenters. The maximum absolute atomic E-state index is 12.1. The van der Waals surface area contributed by atoms with Gasteiger partial charge in [0.25, 0.3) is 0 Å². The molecule has 1 aliphatic carbocycles. The van der Waals surface area contributed by atoms with E-state index in [-0.39, 0.29) is 17.3 Å². The molecule has 1 saturated heterocycles. The molecule has 9 heteroatoms. The number of hydrogen-bond acceptors (Lipinski definition) is 7. The van der Waals surface area contributed by atoms with E-state index in [1.54, 1.807) is 0 Å². The lowest BCUT2D eigenvalue weighted by molar-refractivity contribution is -0.144. The predicted molar refractivity (Wildman–Crippen MR) is 97.2 cm³/mol. The summed E-state index contributed by atoms with van der Waals surface area (Å²) in [6, 6.07) is 9.83. The van der Waals surface area contributed by atoms with Gasteiger partial charge in [0, 0.05) is 11.6 Å². The van der Waals surface area contributed by atoms with E-state index in [4.69, 9.17) is 4.74 Å². The highest BCUT2D eigenvalue weighted by molar-refractivity contribution is 7.99. The van der Waals surface area contributed by atoms with Gasteiger partial charge in [0.05, 0.1) is 17.3 Å². The Morgan fingerprint density at radius 1 is 1.19 bits per heavy atom. The quantitative estimate of drug-likeness (QED) is 0.547. The smallest absolute Gasteiger partial charge is 0.316 e. The first-order valence-corrected chi connectivity index (χ1v) is 11.4. The third-order valence-electron chi connectivity index (χ3n) is 4.42. The van der Waals surface area contributed by atoms with Gasteiger partial charge in [-0.25, -0.2) is 8.42 Å². The molecule has 4 rings (SSSR count). The number of aromatic nitrogens is 3. The molecule has 2 heterocycles. The van der Waals surface area contributed by atoms with Gasteiger partial charge < -0.3 is 4.74 Å². The molecule has 2 fully saturated rings. The first kappa shape index (κ1) is 17.5. The lowest BCUT2D eigenvalue weighted by atomic mass is 10.3. The van der Waals surface area contributed by atoms with Crippen molar-refractivity contribution in [1.29, 1.82) is 0 Å². The number of carbonyl (C=O) groups excluding carboxylic acids is 1. The maximum atomic E-state index is 12.1. The predicted octanol–water partition coefficient (Wildman–Crippen LogP) is 1.97. The summed E-state index contributed by atoms with van der Waals surface area (Å²) in [7, 11) is -3.06. The van der Waals surface area contributed by atoms with Crippen molar-refractivity contribution in [2.45, 2.75) is 36.4 Å². The van der Waals surface area contributed by atoms with E-state index in [2.05, 4.69) is 10.2 Å². The average molecular weight is 393 g/mol. The number of rotatable bonds is 6. The normalized spacial score (nSPS) is 21.6. The first-order chi connectivity index (χ1) is 12.5. The number of para-hydroxylation sites is 1. The number of hydrogen-bond donors (Lipinski definition) is 0. The SMILES string of the molecule is O=C(CSc1nnc(C2CC2)n1-c1ccccc1)O[C@@H]1CCS(=O)(=O)C1. The molecule has 138 valence electrons. The second kappa shape index (κ2) is 7.03. The van der Waals surface area contributed by atoms with Gasteiger partial charge in [-0.2, -0.15) is 0 Å². The Hall–Kier alpha value is -1.87. The average Bonchev–Trinajstić information content (AvgIpc) is 3.29. The van der Waals surface area contributed by atoms with Gasteiger partial charge in [-0.1, -0.05) is 30.0 Å². The van der Waals surface area contributed by atoms with Gasteiger partial charge in [0.1, 0.15) is 11.9 Å². The van der Waals surface area contributed by atoms with Crippen molar-refractivity contribution in [3.05, 3.63) is 36.2 Å². The molecule has 7 nitrogen and oxygen atoms in total. The monoisotopic (exact) mass is 393 g/mol. The van der Waals surface area contributed by atoms with Crippen molar-refractivity contribution in [1.82, 2.24) is 14.8 Å². The van der Waals surface area contributed by atoms with E-state index in [9.17, 15) is 13.2 Å². The van der Waals surface area contributed by atoms with Crippen LogP contribution in [0.1, 0.15) is 31.0 Å². The van der Waals surface area contributed by atoms with Crippen LogP contribution in [0.15, 0.2) is 35.5 Å². The minimum Gasteiger partial charge on any atom is -0.461 e. The van der Waals surface area contributed by atoms with Crippen LogP contribution in [0.25, 0.3) is 5.69 Å². The van der Waals surface area contributed by atoms with E-state index >= 15 is 0 Å². The molecular formula is C17H19N3O4S2. The van der Waals surface area contributed by atoms with Crippen LogP contribution in [0.4, 0.5) is 0 Å². The largest absolute Gasteiger partial charge is 0.461 e. The van der Waals surface area contributed by atoms with Crippen LogP contribution >= 0.6 is 11.8 Å². The fourth-order valence-corrected chi connectivity index (χ4v) is 5.33. The zero-order chi connectivity index (χ0) is 18.1. The van der Waals surface area contributed by atoms with Gasteiger partial charge in [-0.15, -0.1) is 10.2 Å². The van der Waals surface area contributed by atoms with E-state index < -0.39 is 21.9 Å². The number of carbonyl (C=O) groups is 1. The van der Waals surface area contributed by atoms with Crippen LogP contribution in [-0.2, 0) is 19.4 Å². The highest BCUT2D eigenvalue weighted by Crippen LogP contribution is 2.41. The molecule has 0 amide bonds. The Labute approximate surface area is 156 Å². The zero-order valence-electron chi connectivity index (χ0n) is 14.1. The molecule has 2 aromatic rings. The minimum absolute atomic E-state index is 0.0740. The molecule has 0 spiro atoms. The summed E-state index contributed by atoms with van der Waals surface area (Å²) in [4.78, 5) is 12.1. The number of nitrogens with zero attached hydrogens (tertiary/aromatic N) is 3. The minimum atomic E-state index is -3.06. The summed E-state index contributed by atoms with van der Waals surface area (Å²) in [5, 5.41) is 9.22. The topological polar surface area (TPSA) is 91.2 Å². The van der Waals surface area contributed by atoms with Gasteiger partial charge in [0.2, 0.25) is 0 Å². The standard InChI is InChI=1S/C17H19N3O4S2/c21-15(24-14-8-9-26(22,23)11-14)10-25-17-19-18-16(12-6-7-12)20(17)13-4-2-1-3-5-13/h1-5,12,14H,6-11H2/t14-/m1/s1. The van der Waals surface area contributed by atoms with Crippen LogP contribution in [0.3, 0.4) is 0 Å². The highest BCUT2D eigenvalue weighted by atomic mass is 32.2. The van der Waals surface area contributed by atoms with Crippen molar-refractivity contribution in [3.8, 4) is 5.69 Å². The van der Waals surface area contributed by atoms with E-state index in [1.165, 1.54) is 11.8 Å². The summed E-state index contributed by atoms with van der Waals surface area (Å²) >= 11 is 1.26. The summed E-state index contributed by atoms with van der Waals surface area (Å²) in [5.41, 5.74) is 0.970. The third kappa shape index (κ3) is 3.93. The van der Waals surface area contributed by atoms with Gasteiger partial charge in [-0.05, 0) is 31.4 Å². The molecule has 1 saturated carbocycles. The Kier molecular flexibility index (Phi) is 4.74. The summed E-state index contributed by atoms with van der Waals surface area (Å²) in [5.74, 6) is 1.02. The summed E-state index contributed by atoms with van der Waals surface area (Å²) < 4.78 is 30.2. The highest BCUT2D eigenvalue weighted by Gasteiger charge is 2.32. The van der Waals surface area contributed by atoms with E-state index in [1.807, 2.05) is 34.9 Å². The van der Waals surface area contributed by atoms with Gasteiger partial charge in [-0.3, -0.25) is 9.36 Å². The molecule has 1 aromatic carbocycles. The molecule has 1 aromatic heterocycles. The summed E-state index contributed by atoms with van der Waals surface area (Å²) in [6.45, 7) is 0. The maximum Gasteiger partial charge on any atom is 0.316 e. The molecule has 1 atom stereocenters. The number of esters is 1. The second-order valence-corrected chi connectivity index (χ2v) is 9.76. The Balaban J connectivity index is 1.44. The zero-order valence-corrected chi connectivity index (χ0v) is 15.7.